The first-order valence-corrected chi connectivity index (χ1v) is 6.84. The highest BCUT2D eigenvalue weighted by atomic mass is 127. The number of likely N-dealkylation sites (N-methyl/N-ethyl adjacent to an activating group) is 1. The number of rotatable bonds is 3. The minimum absolute atomic E-state index is 0.220. The van der Waals surface area contributed by atoms with Crippen LogP contribution in [-0.2, 0) is 0 Å². The summed E-state index contributed by atoms with van der Waals surface area (Å²) in [6.07, 6.45) is 2.43. The molecule has 1 aromatic carbocycles. The zero-order valence-electron chi connectivity index (χ0n) is 9.84. The Labute approximate surface area is 115 Å². The molecule has 0 bridgehead atoms. The Balaban J connectivity index is 2.01. The van der Waals surface area contributed by atoms with Gasteiger partial charge in [-0.2, -0.15) is 0 Å². The summed E-state index contributed by atoms with van der Waals surface area (Å²) in [5.74, 6) is -0.220. The van der Waals surface area contributed by atoms with E-state index in [-0.39, 0.29) is 5.82 Å². The molecule has 1 saturated heterocycles. The van der Waals surface area contributed by atoms with Gasteiger partial charge in [0.2, 0.25) is 0 Å². The minimum atomic E-state index is -0.220. The van der Waals surface area contributed by atoms with E-state index in [1.54, 1.807) is 6.07 Å². The van der Waals surface area contributed by atoms with E-state index < -0.39 is 0 Å². The van der Waals surface area contributed by atoms with E-state index >= 15 is 0 Å². The largest absolute Gasteiger partial charge is 0.397 e. The van der Waals surface area contributed by atoms with Gasteiger partial charge >= 0.3 is 0 Å². The van der Waals surface area contributed by atoms with Crippen LogP contribution in [0.2, 0.25) is 0 Å². The maximum Gasteiger partial charge on any atom is 0.138 e. The molecule has 0 saturated carbocycles. The number of nitrogen functional groups attached to an aromatic ring is 1. The first-order valence-electron chi connectivity index (χ1n) is 5.76. The third-order valence-electron chi connectivity index (χ3n) is 3.29. The molecule has 1 aliphatic heterocycles. The van der Waals surface area contributed by atoms with Gasteiger partial charge in [-0.3, -0.25) is 0 Å². The van der Waals surface area contributed by atoms with E-state index in [4.69, 9.17) is 5.73 Å². The molecule has 1 fully saturated rings. The molecule has 0 amide bonds. The lowest BCUT2D eigenvalue weighted by Gasteiger charge is -2.21. The second-order valence-electron chi connectivity index (χ2n) is 4.51. The summed E-state index contributed by atoms with van der Waals surface area (Å²) >= 11 is 1.95. The lowest BCUT2D eigenvalue weighted by Crippen LogP contribution is -2.31. The van der Waals surface area contributed by atoms with E-state index in [0.29, 0.717) is 21.0 Å². The molecule has 1 unspecified atom stereocenters. The molecule has 0 aromatic heterocycles. The van der Waals surface area contributed by atoms with Crippen molar-refractivity contribution in [2.45, 2.75) is 18.9 Å². The molecule has 0 radical (unpaired) electrons. The van der Waals surface area contributed by atoms with Crippen LogP contribution in [0.25, 0.3) is 0 Å². The molecule has 17 heavy (non-hydrogen) atoms. The molecule has 5 heteroatoms. The van der Waals surface area contributed by atoms with Crippen molar-refractivity contribution < 1.29 is 4.39 Å². The molecule has 94 valence electrons. The molecule has 1 aliphatic rings. The topological polar surface area (TPSA) is 41.3 Å². The lowest BCUT2D eigenvalue weighted by molar-refractivity contribution is 0.322. The van der Waals surface area contributed by atoms with Crippen LogP contribution in [0, 0.1) is 9.39 Å². The van der Waals surface area contributed by atoms with E-state index in [9.17, 15) is 4.39 Å². The van der Waals surface area contributed by atoms with Crippen molar-refractivity contribution in [2.75, 3.05) is 31.2 Å². The highest BCUT2D eigenvalue weighted by Crippen LogP contribution is 2.25. The van der Waals surface area contributed by atoms with Gasteiger partial charge in [-0.05, 0) is 55.1 Å². The van der Waals surface area contributed by atoms with Crippen LogP contribution in [0.3, 0.4) is 0 Å². The van der Waals surface area contributed by atoms with Gasteiger partial charge in [0.25, 0.3) is 0 Å². The van der Waals surface area contributed by atoms with Crippen molar-refractivity contribution in [2.24, 2.45) is 0 Å². The van der Waals surface area contributed by atoms with Crippen LogP contribution in [0.4, 0.5) is 15.8 Å². The van der Waals surface area contributed by atoms with Crippen LogP contribution in [-0.4, -0.2) is 31.1 Å². The van der Waals surface area contributed by atoms with Gasteiger partial charge in [0, 0.05) is 18.7 Å². The Hall–Kier alpha value is -0.560. The van der Waals surface area contributed by atoms with E-state index in [0.717, 1.165) is 13.1 Å². The number of hydrogen-bond acceptors (Lipinski definition) is 3. The fourth-order valence-electron chi connectivity index (χ4n) is 2.18. The lowest BCUT2D eigenvalue weighted by atomic mass is 10.2. The summed E-state index contributed by atoms with van der Waals surface area (Å²) in [6.45, 7) is 1.96. The molecule has 3 nitrogen and oxygen atoms in total. The molecule has 1 atom stereocenters. The fourth-order valence-corrected chi connectivity index (χ4v) is 2.67. The summed E-state index contributed by atoms with van der Waals surface area (Å²) in [5.41, 5.74) is 7.17. The number of halogens is 2. The summed E-state index contributed by atoms with van der Waals surface area (Å²) in [6, 6.07) is 3.67. The van der Waals surface area contributed by atoms with E-state index in [1.165, 1.54) is 18.9 Å². The van der Waals surface area contributed by atoms with Crippen molar-refractivity contribution in [3.63, 3.8) is 0 Å². The first-order chi connectivity index (χ1) is 8.08. The Bertz CT molecular complexity index is 411. The molecule has 3 N–H and O–H groups in total. The van der Waals surface area contributed by atoms with Crippen LogP contribution in [0.5, 0.6) is 0 Å². The van der Waals surface area contributed by atoms with Gasteiger partial charge in [-0.15, -0.1) is 0 Å². The molecular formula is C12H17FIN3. The van der Waals surface area contributed by atoms with Crippen LogP contribution < -0.4 is 11.1 Å². The highest BCUT2D eigenvalue weighted by Gasteiger charge is 2.20. The average molecular weight is 349 g/mol. The summed E-state index contributed by atoms with van der Waals surface area (Å²) < 4.78 is 14.0. The third kappa shape index (κ3) is 3.01. The summed E-state index contributed by atoms with van der Waals surface area (Å²) in [5, 5.41) is 3.24. The van der Waals surface area contributed by atoms with Gasteiger partial charge in [0.05, 0.1) is 14.9 Å². The van der Waals surface area contributed by atoms with Crippen molar-refractivity contribution >= 4 is 34.0 Å². The standard InChI is InChI=1S/C12H17FIN3/c1-17-4-2-3-8(17)7-16-12-5-9(13)10(14)6-11(12)15/h5-6,8,16H,2-4,7,15H2,1H3. The Kier molecular flexibility index (Phi) is 4.09. The number of hydrogen-bond donors (Lipinski definition) is 2. The Morgan fingerprint density at radius 3 is 3.00 bits per heavy atom. The number of anilines is 2. The number of likely N-dealkylation sites (tertiary alicyclic amines) is 1. The number of nitrogens with two attached hydrogens (primary N) is 1. The third-order valence-corrected chi connectivity index (χ3v) is 4.12. The van der Waals surface area contributed by atoms with Crippen molar-refractivity contribution in [1.29, 1.82) is 0 Å². The molecular weight excluding hydrogens is 332 g/mol. The van der Waals surface area contributed by atoms with Crippen LogP contribution >= 0.6 is 22.6 Å². The zero-order valence-corrected chi connectivity index (χ0v) is 12.0. The maximum absolute atomic E-state index is 13.4. The number of nitrogens with one attached hydrogen (secondary N) is 1. The molecule has 2 rings (SSSR count). The SMILES string of the molecule is CN1CCCC1CNc1cc(F)c(I)cc1N. The predicted octanol–water partition coefficient (Wildman–Crippen LogP) is 2.52. The molecule has 1 heterocycles. The second kappa shape index (κ2) is 5.39. The van der Waals surface area contributed by atoms with Gasteiger partial charge < -0.3 is 16.0 Å². The molecule has 0 aliphatic carbocycles. The van der Waals surface area contributed by atoms with Crippen LogP contribution in [0.15, 0.2) is 12.1 Å². The summed E-state index contributed by atoms with van der Waals surface area (Å²) in [4.78, 5) is 2.33. The highest BCUT2D eigenvalue weighted by molar-refractivity contribution is 14.1. The number of benzene rings is 1. The van der Waals surface area contributed by atoms with Gasteiger partial charge in [0.15, 0.2) is 0 Å². The summed E-state index contributed by atoms with van der Waals surface area (Å²) in [7, 11) is 2.12. The number of nitrogens with zero attached hydrogens (tertiary/aromatic N) is 1. The van der Waals surface area contributed by atoms with Gasteiger partial charge in [-0.1, -0.05) is 0 Å². The second-order valence-corrected chi connectivity index (χ2v) is 5.67. The quantitative estimate of drug-likeness (QED) is 0.651. The van der Waals surface area contributed by atoms with Crippen molar-refractivity contribution in [3.8, 4) is 0 Å². The van der Waals surface area contributed by atoms with Gasteiger partial charge in [0.1, 0.15) is 5.82 Å². The molecule has 0 spiro atoms. The predicted molar refractivity (Wildman–Crippen MR) is 77.7 cm³/mol. The minimum Gasteiger partial charge on any atom is -0.397 e. The average Bonchev–Trinajstić information content (AvgIpc) is 2.68. The van der Waals surface area contributed by atoms with E-state index in [1.807, 2.05) is 22.6 Å². The fraction of sp³-hybridized carbons (Fsp3) is 0.500. The first kappa shape index (κ1) is 12.9. The normalized spacial score (nSPS) is 20.8. The molecule has 1 aromatic rings. The van der Waals surface area contributed by atoms with Crippen molar-refractivity contribution in [3.05, 3.63) is 21.5 Å². The monoisotopic (exact) mass is 349 g/mol. The van der Waals surface area contributed by atoms with Gasteiger partial charge in [-0.25, -0.2) is 4.39 Å². The maximum atomic E-state index is 13.4. The van der Waals surface area contributed by atoms with Crippen LogP contribution in [0.1, 0.15) is 12.8 Å². The zero-order chi connectivity index (χ0) is 12.4. The smallest absolute Gasteiger partial charge is 0.138 e. The van der Waals surface area contributed by atoms with E-state index in [2.05, 4.69) is 17.3 Å². The van der Waals surface area contributed by atoms with Crippen molar-refractivity contribution in [1.82, 2.24) is 4.90 Å². The Morgan fingerprint density at radius 1 is 1.59 bits per heavy atom. The Morgan fingerprint density at radius 2 is 2.35 bits per heavy atom.